The molecule has 8 heteroatoms. The Kier molecular flexibility index (Phi) is 5.01. The SMILES string of the molecule is COCC1CN(S(C)(=O)=O)CC12CCN(Cc1cnn(C)c1)CC2. The van der Waals surface area contributed by atoms with Crippen molar-refractivity contribution in [3.63, 3.8) is 0 Å². The maximum Gasteiger partial charge on any atom is 0.211 e. The van der Waals surface area contributed by atoms with Crippen LogP contribution in [0.3, 0.4) is 0 Å². The molecule has 2 fully saturated rings. The molecular weight excluding hydrogens is 328 g/mol. The van der Waals surface area contributed by atoms with E-state index < -0.39 is 10.0 Å². The van der Waals surface area contributed by atoms with Gasteiger partial charge >= 0.3 is 0 Å². The maximum atomic E-state index is 12.0. The Morgan fingerprint density at radius 3 is 2.62 bits per heavy atom. The van der Waals surface area contributed by atoms with E-state index in [-0.39, 0.29) is 11.3 Å². The van der Waals surface area contributed by atoms with Crippen molar-refractivity contribution in [2.45, 2.75) is 19.4 Å². The number of methoxy groups -OCH3 is 1. The fourth-order valence-electron chi connectivity index (χ4n) is 4.20. The average Bonchev–Trinajstić information content (AvgIpc) is 3.07. The predicted molar refractivity (Wildman–Crippen MR) is 91.9 cm³/mol. The molecule has 1 aromatic rings. The zero-order valence-electron chi connectivity index (χ0n) is 14.8. The topological polar surface area (TPSA) is 67.7 Å². The van der Waals surface area contributed by atoms with Gasteiger partial charge in [-0.15, -0.1) is 0 Å². The molecule has 3 heterocycles. The van der Waals surface area contributed by atoms with Crippen LogP contribution in [-0.2, 0) is 28.4 Å². The number of sulfonamides is 1. The highest BCUT2D eigenvalue weighted by atomic mass is 32.2. The lowest BCUT2D eigenvalue weighted by Crippen LogP contribution is -2.45. The van der Waals surface area contributed by atoms with Crippen LogP contribution in [0.25, 0.3) is 0 Å². The fourth-order valence-corrected chi connectivity index (χ4v) is 5.14. The zero-order chi connectivity index (χ0) is 17.4. The van der Waals surface area contributed by atoms with Gasteiger partial charge in [0.25, 0.3) is 0 Å². The molecule has 0 aliphatic carbocycles. The van der Waals surface area contributed by atoms with E-state index in [2.05, 4.69) is 16.2 Å². The molecule has 2 saturated heterocycles. The highest BCUT2D eigenvalue weighted by Gasteiger charge is 2.49. The third-order valence-electron chi connectivity index (χ3n) is 5.63. The molecule has 1 unspecified atom stereocenters. The number of aryl methyl sites for hydroxylation is 1. The number of nitrogens with zero attached hydrogens (tertiary/aromatic N) is 4. The standard InChI is InChI=1S/C16H28N4O3S/c1-18-9-14(8-17-18)10-19-6-4-16(5-7-19)13-20(24(3,21)22)11-15(16)12-23-2/h8-9,15H,4-7,10-13H2,1-3H3. The van der Waals surface area contributed by atoms with Gasteiger partial charge in [-0.1, -0.05) is 0 Å². The van der Waals surface area contributed by atoms with Gasteiger partial charge in [0, 0.05) is 51.5 Å². The summed E-state index contributed by atoms with van der Waals surface area (Å²) in [5, 5.41) is 4.23. The molecule has 2 aliphatic rings. The molecule has 1 spiro atoms. The van der Waals surface area contributed by atoms with E-state index in [0.717, 1.165) is 32.5 Å². The van der Waals surface area contributed by atoms with E-state index in [9.17, 15) is 8.42 Å². The second kappa shape index (κ2) is 6.74. The van der Waals surface area contributed by atoms with Crippen molar-refractivity contribution in [3.8, 4) is 0 Å². The van der Waals surface area contributed by atoms with Gasteiger partial charge in [-0.3, -0.25) is 9.58 Å². The number of aromatic nitrogens is 2. The van der Waals surface area contributed by atoms with Crippen molar-refractivity contribution in [2.75, 3.05) is 46.2 Å². The monoisotopic (exact) mass is 356 g/mol. The zero-order valence-corrected chi connectivity index (χ0v) is 15.6. The highest BCUT2D eigenvalue weighted by molar-refractivity contribution is 7.88. The summed E-state index contributed by atoms with van der Waals surface area (Å²) >= 11 is 0. The van der Waals surface area contributed by atoms with E-state index >= 15 is 0 Å². The number of hydrogen-bond donors (Lipinski definition) is 0. The lowest BCUT2D eigenvalue weighted by molar-refractivity contribution is 0.0357. The van der Waals surface area contributed by atoms with Crippen LogP contribution in [0.15, 0.2) is 12.4 Å². The Labute approximate surface area is 144 Å². The Morgan fingerprint density at radius 1 is 1.38 bits per heavy atom. The van der Waals surface area contributed by atoms with E-state index in [0.29, 0.717) is 19.7 Å². The molecule has 3 rings (SSSR count). The summed E-state index contributed by atoms with van der Waals surface area (Å²) in [6.07, 6.45) is 7.33. The Balaban J connectivity index is 1.65. The minimum Gasteiger partial charge on any atom is -0.384 e. The van der Waals surface area contributed by atoms with Crippen molar-refractivity contribution in [1.29, 1.82) is 0 Å². The first-order chi connectivity index (χ1) is 11.3. The van der Waals surface area contributed by atoms with Gasteiger partial charge in [-0.05, 0) is 31.3 Å². The minimum atomic E-state index is -3.14. The number of likely N-dealkylation sites (tertiary alicyclic amines) is 1. The maximum absolute atomic E-state index is 12.0. The van der Waals surface area contributed by atoms with Crippen molar-refractivity contribution in [1.82, 2.24) is 19.0 Å². The first-order valence-electron chi connectivity index (χ1n) is 8.46. The number of hydrogen-bond acceptors (Lipinski definition) is 5. The lowest BCUT2D eigenvalue weighted by atomic mass is 9.71. The van der Waals surface area contributed by atoms with Crippen LogP contribution in [0, 0.1) is 11.3 Å². The molecule has 0 saturated carbocycles. The van der Waals surface area contributed by atoms with Crippen LogP contribution in [0.4, 0.5) is 0 Å². The van der Waals surface area contributed by atoms with Gasteiger partial charge in [-0.2, -0.15) is 5.10 Å². The molecule has 0 N–H and O–H groups in total. The fraction of sp³-hybridized carbons (Fsp3) is 0.812. The van der Waals surface area contributed by atoms with Crippen molar-refractivity contribution in [3.05, 3.63) is 18.0 Å². The summed E-state index contributed by atoms with van der Waals surface area (Å²) in [4.78, 5) is 2.44. The molecule has 1 aromatic heterocycles. The quantitative estimate of drug-likeness (QED) is 0.770. The number of piperidine rings is 1. The van der Waals surface area contributed by atoms with E-state index in [1.807, 2.05) is 17.9 Å². The van der Waals surface area contributed by atoms with Gasteiger partial charge in [0.05, 0.1) is 19.1 Å². The highest BCUT2D eigenvalue weighted by Crippen LogP contribution is 2.45. The van der Waals surface area contributed by atoms with Gasteiger partial charge in [0.1, 0.15) is 0 Å². The van der Waals surface area contributed by atoms with Crippen LogP contribution in [0.5, 0.6) is 0 Å². The molecule has 0 radical (unpaired) electrons. The summed E-state index contributed by atoms with van der Waals surface area (Å²) < 4.78 is 32.8. The third kappa shape index (κ3) is 3.66. The van der Waals surface area contributed by atoms with Crippen molar-refractivity contribution in [2.24, 2.45) is 18.4 Å². The summed E-state index contributed by atoms with van der Waals surface area (Å²) in [5.41, 5.74) is 1.29. The van der Waals surface area contributed by atoms with Gasteiger partial charge in [0.2, 0.25) is 10.0 Å². The van der Waals surface area contributed by atoms with Crippen LogP contribution in [-0.4, -0.2) is 73.6 Å². The van der Waals surface area contributed by atoms with E-state index in [4.69, 9.17) is 4.74 Å². The predicted octanol–water partition coefficient (Wildman–Crippen LogP) is 0.540. The van der Waals surface area contributed by atoms with Gasteiger partial charge in [0.15, 0.2) is 0 Å². The molecule has 136 valence electrons. The van der Waals surface area contributed by atoms with Crippen LogP contribution in [0.2, 0.25) is 0 Å². The van der Waals surface area contributed by atoms with Gasteiger partial charge < -0.3 is 4.74 Å². The molecule has 1 atom stereocenters. The molecule has 0 bridgehead atoms. The Hall–Kier alpha value is -0.960. The lowest BCUT2D eigenvalue weighted by Gasteiger charge is -2.42. The van der Waals surface area contributed by atoms with Crippen molar-refractivity contribution < 1.29 is 13.2 Å². The molecule has 2 aliphatic heterocycles. The third-order valence-corrected chi connectivity index (χ3v) is 6.85. The first kappa shape index (κ1) is 17.8. The van der Waals surface area contributed by atoms with Crippen molar-refractivity contribution >= 4 is 10.0 Å². The summed E-state index contributed by atoms with van der Waals surface area (Å²) in [6.45, 7) is 4.76. The molecule has 0 aromatic carbocycles. The molecule has 0 amide bonds. The molecular formula is C16H28N4O3S. The summed E-state index contributed by atoms with van der Waals surface area (Å²) in [7, 11) is 0.500. The average molecular weight is 356 g/mol. The minimum absolute atomic E-state index is 0.0600. The summed E-state index contributed by atoms with van der Waals surface area (Å²) in [6, 6.07) is 0. The Bertz CT molecular complexity index is 665. The summed E-state index contributed by atoms with van der Waals surface area (Å²) in [5.74, 6) is 0.290. The second-order valence-electron chi connectivity index (χ2n) is 7.37. The number of rotatable bonds is 5. The number of ether oxygens (including phenoxy) is 1. The Morgan fingerprint density at radius 2 is 2.08 bits per heavy atom. The first-order valence-corrected chi connectivity index (χ1v) is 10.3. The second-order valence-corrected chi connectivity index (χ2v) is 9.35. The normalized spacial score (nSPS) is 25.5. The van der Waals surface area contributed by atoms with Gasteiger partial charge in [-0.25, -0.2) is 12.7 Å². The smallest absolute Gasteiger partial charge is 0.211 e. The van der Waals surface area contributed by atoms with Crippen LogP contribution < -0.4 is 0 Å². The van der Waals surface area contributed by atoms with E-state index in [1.165, 1.54) is 11.8 Å². The van der Waals surface area contributed by atoms with Crippen LogP contribution in [0.1, 0.15) is 18.4 Å². The molecule has 24 heavy (non-hydrogen) atoms. The molecule has 7 nitrogen and oxygen atoms in total. The van der Waals surface area contributed by atoms with Crippen LogP contribution >= 0.6 is 0 Å². The largest absolute Gasteiger partial charge is 0.384 e. The van der Waals surface area contributed by atoms with E-state index in [1.54, 1.807) is 11.4 Å².